The Balaban J connectivity index is 1.78. The SMILES string of the molecule is O=NN1[C@H](c2ccccc2)[C@@H]2CCC[C@@H](C2)[C@@H]1c1ccccc1. The van der Waals surface area contributed by atoms with Gasteiger partial charge in [0, 0.05) is 0 Å². The number of piperidine rings is 1. The van der Waals surface area contributed by atoms with Gasteiger partial charge in [0.15, 0.2) is 0 Å². The fourth-order valence-electron chi connectivity index (χ4n) is 4.70. The Kier molecular flexibility index (Phi) is 3.86. The number of benzene rings is 2. The summed E-state index contributed by atoms with van der Waals surface area (Å²) < 4.78 is 0. The van der Waals surface area contributed by atoms with E-state index in [1.165, 1.54) is 36.8 Å². The van der Waals surface area contributed by atoms with Crippen LogP contribution in [0.1, 0.15) is 48.9 Å². The first-order valence-electron chi connectivity index (χ1n) is 8.60. The number of rotatable bonds is 3. The van der Waals surface area contributed by atoms with Crippen LogP contribution in [0, 0.1) is 16.7 Å². The van der Waals surface area contributed by atoms with Gasteiger partial charge in [0.25, 0.3) is 0 Å². The molecule has 0 spiro atoms. The number of nitrogens with zero attached hydrogens (tertiary/aromatic N) is 2. The molecule has 0 unspecified atom stereocenters. The molecule has 2 aromatic carbocycles. The smallest absolute Gasteiger partial charge is 0.0787 e. The molecule has 1 aliphatic carbocycles. The minimum atomic E-state index is 0.107. The number of nitroso groups, excluding NO2 is 1. The lowest BCUT2D eigenvalue weighted by Crippen LogP contribution is -2.44. The molecule has 1 saturated heterocycles. The predicted octanol–water partition coefficient (Wildman–Crippen LogP) is 5.27. The first kappa shape index (κ1) is 14.4. The number of fused-ring (bicyclic) bond motifs is 2. The fourth-order valence-corrected chi connectivity index (χ4v) is 4.70. The Morgan fingerprint density at radius 1 is 0.783 bits per heavy atom. The van der Waals surface area contributed by atoms with Gasteiger partial charge in [-0.3, -0.25) is 0 Å². The molecule has 2 aromatic rings. The van der Waals surface area contributed by atoms with Gasteiger partial charge in [0.1, 0.15) is 0 Å². The zero-order chi connectivity index (χ0) is 15.6. The molecule has 4 rings (SSSR count). The van der Waals surface area contributed by atoms with Crippen molar-refractivity contribution < 1.29 is 0 Å². The molecule has 0 radical (unpaired) electrons. The maximum absolute atomic E-state index is 11.8. The Hall–Kier alpha value is -2.16. The van der Waals surface area contributed by atoms with Gasteiger partial charge in [0.2, 0.25) is 0 Å². The molecule has 3 heteroatoms. The molecule has 118 valence electrons. The third-order valence-corrected chi connectivity index (χ3v) is 5.59. The topological polar surface area (TPSA) is 32.7 Å². The van der Waals surface area contributed by atoms with Gasteiger partial charge in [0.05, 0.1) is 17.4 Å². The highest BCUT2D eigenvalue weighted by Crippen LogP contribution is 2.53. The minimum Gasteiger partial charge on any atom is -0.245 e. The quantitative estimate of drug-likeness (QED) is 0.723. The second-order valence-electron chi connectivity index (χ2n) is 6.86. The van der Waals surface area contributed by atoms with Crippen molar-refractivity contribution in [2.45, 2.75) is 37.8 Å². The summed E-state index contributed by atoms with van der Waals surface area (Å²) >= 11 is 0. The van der Waals surface area contributed by atoms with Crippen LogP contribution in [0.3, 0.4) is 0 Å². The lowest BCUT2D eigenvalue weighted by atomic mass is 9.68. The minimum absolute atomic E-state index is 0.107. The lowest BCUT2D eigenvalue weighted by molar-refractivity contribution is -0.0314. The monoisotopic (exact) mass is 306 g/mol. The van der Waals surface area contributed by atoms with Crippen LogP contribution in [0.2, 0.25) is 0 Å². The second-order valence-corrected chi connectivity index (χ2v) is 6.86. The summed E-state index contributed by atoms with van der Waals surface area (Å²) in [6.45, 7) is 0. The third-order valence-electron chi connectivity index (χ3n) is 5.59. The van der Waals surface area contributed by atoms with E-state index in [0.717, 1.165) is 0 Å². The van der Waals surface area contributed by atoms with E-state index in [1.807, 2.05) is 17.1 Å². The highest BCUT2D eigenvalue weighted by atomic mass is 16.3. The maximum atomic E-state index is 11.8. The third kappa shape index (κ3) is 2.54. The van der Waals surface area contributed by atoms with Crippen molar-refractivity contribution in [1.29, 1.82) is 0 Å². The van der Waals surface area contributed by atoms with Gasteiger partial charge in [-0.15, -0.1) is 4.91 Å². The summed E-state index contributed by atoms with van der Waals surface area (Å²) in [4.78, 5) is 11.8. The molecule has 1 aliphatic heterocycles. The summed E-state index contributed by atoms with van der Waals surface area (Å²) in [7, 11) is 0. The van der Waals surface area contributed by atoms with E-state index in [0.29, 0.717) is 11.8 Å². The van der Waals surface area contributed by atoms with E-state index in [4.69, 9.17) is 0 Å². The van der Waals surface area contributed by atoms with Crippen molar-refractivity contribution in [3.8, 4) is 0 Å². The molecule has 1 saturated carbocycles. The van der Waals surface area contributed by atoms with Crippen molar-refractivity contribution in [2.75, 3.05) is 0 Å². The average molecular weight is 306 g/mol. The van der Waals surface area contributed by atoms with E-state index < -0.39 is 0 Å². The van der Waals surface area contributed by atoms with Crippen molar-refractivity contribution in [3.63, 3.8) is 0 Å². The molecule has 0 amide bonds. The molecule has 1 heterocycles. The molecular formula is C20H22N2O. The van der Waals surface area contributed by atoms with E-state index in [9.17, 15) is 4.91 Å². The Morgan fingerprint density at radius 2 is 1.26 bits per heavy atom. The number of hydrogen-bond acceptors (Lipinski definition) is 2. The zero-order valence-corrected chi connectivity index (χ0v) is 13.2. The van der Waals surface area contributed by atoms with E-state index in [1.54, 1.807) is 0 Å². The molecule has 0 aromatic heterocycles. The van der Waals surface area contributed by atoms with Crippen LogP contribution in [0.25, 0.3) is 0 Å². The Labute approximate surface area is 137 Å². The largest absolute Gasteiger partial charge is 0.245 e. The maximum Gasteiger partial charge on any atom is 0.0787 e. The molecule has 2 aliphatic rings. The molecule has 23 heavy (non-hydrogen) atoms. The lowest BCUT2D eigenvalue weighted by Gasteiger charge is -2.50. The van der Waals surface area contributed by atoms with Gasteiger partial charge in [-0.25, -0.2) is 5.01 Å². The predicted molar refractivity (Wildman–Crippen MR) is 91.4 cm³/mol. The van der Waals surface area contributed by atoms with Crippen molar-refractivity contribution in [2.24, 2.45) is 17.1 Å². The molecule has 0 N–H and O–H groups in total. The molecule has 2 bridgehead atoms. The van der Waals surface area contributed by atoms with Crippen LogP contribution in [-0.2, 0) is 0 Å². The van der Waals surface area contributed by atoms with Crippen LogP contribution < -0.4 is 0 Å². The normalized spacial score (nSPS) is 30.0. The first-order valence-corrected chi connectivity index (χ1v) is 8.60. The highest BCUT2D eigenvalue weighted by molar-refractivity contribution is 5.26. The Bertz CT molecular complexity index is 604. The molecule has 3 nitrogen and oxygen atoms in total. The van der Waals surface area contributed by atoms with Gasteiger partial charge in [-0.05, 0) is 42.2 Å². The van der Waals surface area contributed by atoms with Crippen LogP contribution in [0.15, 0.2) is 65.9 Å². The van der Waals surface area contributed by atoms with E-state index in [2.05, 4.69) is 53.8 Å². The molecule has 4 atom stereocenters. The molecule has 2 fully saturated rings. The van der Waals surface area contributed by atoms with Crippen LogP contribution in [-0.4, -0.2) is 5.01 Å². The van der Waals surface area contributed by atoms with Crippen molar-refractivity contribution >= 4 is 0 Å². The summed E-state index contributed by atoms with van der Waals surface area (Å²) in [5.41, 5.74) is 2.44. The van der Waals surface area contributed by atoms with Crippen LogP contribution in [0.5, 0.6) is 0 Å². The second kappa shape index (κ2) is 6.15. The van der Waals surface area contributed by atoms with Gasteiger partial charge in [-0.2, -0.15) is 0 Å². The van der Waals surface area contributed by atoms with Gasteiger partial charge < -0.3 is 0 Å². The van der Waals surface area contributed by atoms with Crippen molar-refractivity contribution in [3.05, 3.63) is 76.7 Å². The average Bonchev–Trinajstić information content (AvgIpc) is 2.63. The summed E-state index contributed by atoms with van der Waals surface area (Å²) in [6.07, 6.45) is 4.85. The standard InChI is InChI=1S/C20H22N2O/c23-21-22-19(15-8-3-1-4-9-15)17-12-7-13-18(14-17)20(22)16-10-5-2-6-11-16/h1-6,8-11,17-20H,7,12-14H2/t17-,18+,19-,20+. The van der Waals surface area contributed by atoms with Gasteiger partial charge in [-0.1, -0.05) is 67.1 Å². The van der Waals surface area contributed by atoms with E-state index in [-0.39, 0.29) is 12.1 Å². The Morgan fingerprint density at radius 3 is 1.70 bits per heavy atom. The summed E-state index contributed by atoms with van der Waals surface area (Å²) in [5, 5.41) is 5.39. The summed E-state index contributed by atoms with van der Waals surface area (Å²) in [6, 6.07) is 21.1. The first-order chi connectivity index (χ1) is 11.4. The molecular weight excluding hydrogens is 284 g/mol. The van der Waals surface area contributed by atoms with Gasteiger partial charge >= 0.3 is 0 Å². The zero-order valence-electron chi connectivity index (χ0n) is 13.2. The van der Waals surface area contributed by atoms with Crippen molar-refractivity contribution in [1.82, 2.24) is 5.01 Å². The fraction of sp³-hybridized carbons (Fsp3) is 0.400. The highest BCUT2D eigenvalue weighted by Gasteiger charge is 2.46. The van der Waals surface area contributed by atoms with Crippen LogP contribution >= 0.6 is 0 Å². The number of hydrogen-bond donors (Lipinski definition) is 0. The summed E-state index contributed by atoms with van der Waals surface area (Å²) in [5.74, 6) is 1.07. The van der Waals surface area contributed by atoms with E-state index >= 15 is 0 Å². The van der Waals surface area contributed by atoms with Crippen LogP contribution in [0.4, 0.5) is 0 Å².